The van der Waals surface area contributed by atoms with Crippen LogP contribution < -0.4 is 11.1 Å². The fourth-order valence-electron chi connectivity index (χ4n) is 2.45. The molecule has 1 fully saturated rings. The first kappa shape index (κ1) is 15.2. The zero-order chi connectivity index (χ0) is 14.5. The highest BCUT2D eigenvalue weighted by Gasteiger charge is 2.19. The molecule has 1 heterocycles. The van der Waals surface area contributed by atoms with Crippen LogP contribution in [-0.4, -0.2) is 36.5 Å². The van der Waals surface area contributed by atoms with Crippen LogP contribution >= 0.6 is 11.6 Å². The number of hydrogen-bond donors (Lipinski definition) is 2. The number of amides is 1. The molecule has 0 atom stereocenters. The van der Waals surface area contributed by atoms with E-state index in [2.05, 4.69) is 5.32 Å². The van der Waals surface area contributed by atoms with Crippen molar-refractivity contribution in [3.8, 4) is 0 Å². The van der Waals surface area contributed by atoms with Gasteiger partial charge in [-0.15, -0.1) is 0 Å². The smallest absolute Gasteiger partial charge is 0.231 e. The van der Waals surface area contributed by atoms with Gasteiger partial charge in [0, 0.05) is 36.3 Å². The Bertz CT molecular complexity index is 475. The number of halogens is 2. The fraction of sp³-hybridized carbons (Fsp3) is 0.500. The molecule has 0 radical (unpaired) electrons. The normalized spacial score (nSPS) is 17.3. The maximum atomic E-state index is 13.6. The lowest BCUT2D eigenvalue weighted by atomic mass is 10.0. The highest BCUT2D eigenvalue weighted by molar-refractivity contribution is 6.30. The summed E-state index contributed by atoms with van der Waals surface area (Å²) in [4.78, 5) is 12.9. The summed E-state index contributed by atoms with van der Waals surface area (Å²) in [5, 5.41) is 3.88. The van der Waals surface area contributed by atoms with Crippen molar-refractivity contribution in [2.24, 2.45) is 5.73 Å². The quantitative estimate of drug-likeness (QED) is 0.867. The van der Waals surface area contributed by atoms with Gasteiger partial charge >= 0.3 is 0 Å². The Hall–Kier alpha value is -1.17. The van der Waals surface area contributed by atoms with Gasteiger partial charge in [-0.2, -0.15) is 0 Å². The van der Waals surface area contributed by atoms with Crippen LogP contribution in [0.25, 0.3) is 0 Å². The molecule has 0 aliphatic carbocycles. The molecule has 1 aromatic carbocycles. The van der Waals surface area contributed by atoms with Crippen LogP contribution in [0.1, 0.15) is 18.4 Å². The first-order chi connectivity index (χ1) is 9.54. The summed E-state index contributed by atoms with van der Waals surface area (Å²) in [6.07, 6.45) is 1.85. The molecule has 1 amide bonds. The van der Waals surface area contributed by atoms with Gasteiger partial charge in [-0.05, 0) is 31.0 Å². The van der Waals surface area contributed by atoms with E-state index >= 15 is 0 Å². The number of primary amides is 1. The number of benzene rings is 1. The summed E-state index contributed by atoms with van der Waals surface area (Å²) in [5.74, 6) is -0.537. The van der Waals surface area contributed by atoms with Crippen molar-refractivity contribution in [1.29, 1.82) is 0 Å². The topological polar surface area (TPSA) is 58.4 Å². The number of nitrogens with one attached hydrogen (secondary N) is 1. The van der Waals surface area contributed by atoms with Gasteiger partial charge in [-0.1, -0.05) is 11.6 Å². The second kappa shape index (κ2) is 7.02. The second-order valence-electron chi connectivity index (χ2n) is 5.13. The number of nitrogens with zero attached hydrogens (tertiary/aromatic N) is 1. The molecule has 1 aliphatic rings. The van der Waals surface area contributed by atoms with Crippen molar-refractivity contribution in [3.63, 3.8) is 0 Å². The lowest BCUT2D eigenvalue weighted by molar-refractivity contribution is -0.119. The van der Waals surface area contributed by atoms with Crippen molar-refractivity contribution in [2.45, 2.75) is 25.4 Å². The van der Waals surface area contributed by atoms with Crippen LogP contribution in [0.15, 0.2) is 18.2 Å². The highest BCUT2D eigenvalue weighted by atomic mass is 35.5. The summed E-state index contributed by atoms with van der Waals surface area (Å²) in [6, 6.07) is 4.90. The second-order valence-corrected chi connectivity index (χ2v) is 5.57. The van der Waals surface area contributed by atoms with E-state index in [4.69, 9.17) is 17.3 Å². The minimum Gasteiger partial charge on any atom is -0.369 e. The van der Waals surface area contributed by atoms with E-state index in [1.807, 2.05) is 4.90 Å². The van der Waals surface area contributed by atoms with Gasteiger partial charge < -0.3 is 11.1 Å². The van der Waals surface area contributed by atoms with Gasteiger partial charge in [-0.25, -0.2) is 4.39 Å². The van der Waals surface area contributed by atoms with Crippen molar-refractivity contribution < 1.29 is 9.18 Å². The van der Waals surface area contributed by atoms with Crippen molar-refractivity contribution in [2.75, 3.05) is 19.6 Å². The SMILES string of the molecule is NC(=O)CN1CCC(NCc2cc(Cl)ccc2F)CC1. The Morgan fingerprint density at radius 3 is 2.80 bits per heavy atom. The van der Waals surface area contributed by atoms with E-state index < -0.39 is 0 Å². The van der Waals surface area contributed by atoms with Gasteiger partial charge in [0.15, 0.2) is 0 Å². The third kappa shape index (κ3) is 4.44. The van der Waals surface area contributed by atoms with Crippen LogP contribution in [0.2, 0.25) is 5.02 Å². The van der Waals surface area contributed by atoms with Gasteiger partial charge in [0.1, 0.15) is 5.82 Å². The summed E-state index contributed by atoms with van der Waals surface area (Å²) >= 11 is 5.86. The lowest BCUT2D eigenvalue weighted by Crippen LogP contribution is -2.45. The van der Waals surface area contributed by atoms with Crippen molar-refractivity contribution in [1.82, 2.24) is 10.2 Å². The Morgan fingerprint density at radius 1 is 1.45 bits per heavy atom. The number of nitrogens with two attached hydrogens (primary N) is 1. The summed E-state index contributed by atoms with van der Waals surface area (Å²) in [6.45, 7) is 2.44. The van der Waals surface area contributed by atoms with Crippen molar-refractivity contribution >= 4 is 17.5 Å². The molecular formula is C14H19ClFN3O. The predicted molar refractivity (Wildman–Crippen MR) is 76.9 cm³/mol. The third-order valence-electron chi connectivity index (χ3n) is 3.56. The van der Waals surface area contributed by atoms with Crippen LogP contribution in [0.5, 0.6) is 0 Å². The standard InChI is InChI=1S/C14H19ClFN3O/c15-11-1-2-13(16)10(7-11)8-18-12-3-5-19(6-4-12)9-14(17)20/h1-2,7,12,18H,3-6,8-9H2,(H2,17,20). The molecule has 3 N–H and O–H groups in total. The number of carbonyl (C=O) groups excluding carboxylic acids is 1. The van der Waals surface area contributed by atoms with E-state index in [-0.39, 0.29) is 11.7 Å². The number of piperidine rings is 1. The molecule has 0 saturated carbocycles. The molecule has 1 aromatic rings. The largest absolute Gasteiger partial charge is 0.369 e. The molecule has 6 heteroatoms. The zero-order valence-electron chi connectivity index (χ0n) is 11.2. The van der Waals surface area contributed by atoms with Crippen LogP contribution in [0.4, 0.5) is 4.39 Å². The Labute approximate surface area is 123 Å². The first-order valence-corrected chi connectivity index (χ1v) is 7.10. The summed E-state index contributed by atoms with van der Waals surface area (Å²) in [5.41, 5.74) is 5.75. The first-order valence-electron chi connectivity index (χ1n) is 6.72. The fourth-order valence-corrected chi connectivity index (χ4v) is 2.64. The average Bonchev–Trinajstić information content (AvgIpc) is 2.41. The maximum absolute atomic E-state index is 13.6. The molecule has 0 unspecified atom stereocenters. The third-order valence-corrected chi connectivity index (χ3v) is 3.79. The molecule has 110 valence electrons. The van der Waals surface area contributed by atoms with E-state index in [0.717, 1.165) is 25.9 Å². The van der Waals surface area contributed by atoms with E-state index in [0.29, 0.717) is 29.7 Å². The predicted octanol–water partition coefficient (Wildman–Crippen LogP) is 1.52. The molecule has 0 bridgehead atoms. The van der Waals surface area contributed by atoms with E-state index in [1.165, 1.54) is 6.07 Å². The van der Waals surface area contributed by atoms with Gasteiger partial charge in [0.2, 0.25) is 5.91 Å². The molecule has 2 rings (SSSR count). The Balaban J connectivity index is 1.78. The van der Waals surface area contributed by atoms with Gasteiger partial charge in [0.05, 0.1) is 6.54 Å². The molecule has 0 spiro atoms. The van der Waals surface area contributed by atoms with E-state index in [9.17, 15) is 9.18 Å². The molecular weight excluding hydrogens is 281 g/mol. The number of rotatable bonds is 5. The van der Waals surface area contributed by atoms with Gasteiger partial charge in [-0.3, -0.25) is 9.69 Å². The average molecular weight is 300 g/mol. The molecule has 0 aromatic heterocycles. The number of hydrogen-bond acceptors (Lipinski definition) is 3. The Kier molecular flexibility index (Phi) is 5.34. The monoisotopic (exact) mass is 299 g/mol. The summed E-state index contributed by atoms with van der Waals surface area (Å²) < 4.78 is 13.6. The Morgan fingerprint density at radius 2 is 2.15 bits per heavy atom. The molecule has 20 heavy (non-hydrogen) atoms. The molecule has 4 nitrogen and oxygen atoms in total. The molecule has 1 saturated heterocycles. The van der Waals surface area contributed by atoms with Crippen LogP contribution in [-0.2, 0) is 11.3 Å². The summed E-state index contributed by atoms with van der Waals surface area (Å²) in [7, 11) is 0. The number of carbonyl (C=O) groups is 1. The van der Waals surface area contributed by atoms with Crippen LogP contribution in [0, 0.1) is 5.82 Å². The van der Waals surface area contributed by atoms with E-state index in [1.54, 1.807) is 12.1 Å². The zero-order valence-corrected chi connectivity index (χ0v) is 12.0. The molecule has 1 aliphatic heterocycles. The van der Waals surface area contributed by atoms with Gasteiger partial charge in [0.25, 0.3) is 0 Å². The minimum absolute atomic E-state index is 0.243. The van der Waals surface area contributed by atoms with Crippen molar-refractivity contribution in [3.05, 3.63) is 34.6 Å². The minimum atomic E-state index is -0.294. The maximum Gasteiger partial charge on any atom is 0.231 e. The highest BCUT2D eigenvalue weighted by Crippen LogP contribution is 2.16. The number of likely N-dealkylation sites (tertiary alicyclic amines) is 1. The lowest BCUT2D eigenvalue weighted by Gasteiger charge is -2.31. The van der Waals surface area contributed by atoms with Crippen LogP contribution in [0.3, 0.4) is 0 Å².